The maximum atomic E-state index is 5.75. The minimum Gasteiger partial charge on any atom is -0.382 e. The van der Waals surface area contributed by atoms with Gasteiger partial charge in [-0.15, -0.1) is 0 Å². The van der Waals surface area contributed by atoms with Crippen molar-refractivity contribution in [2.45, 2.75) is 6.42 Å². The lowest BCUT2D eigenvalue weighted by Gasteiger charge is -1.97. The van der Waals surface area contributed by atoms with Gasteiger partial charge in [0.05, 0.1) is 0 Å². The molecule has 0 saturated carbocycles. The van der Waals surface area contributed by atoms with Gasteiger partial charge in [-0.05, 0) is 17.7 Å². The third kappa shape index (κ3) is 2.06. The van der Waals surface area contributed by atoms with Gasteiger partial charge in [0, 0.05) is 10.9 Å². The normalized spacial score (nSPS) is 10.9. The summed E-state index contributed by atoms with van der Waals surface area (Å²) in [5.41, 5.74) is 8.23. The first-order valence-corrected chi connectivity index (χ1v) is 6.21. The molecule has 0 radical (unpaired) electrons. The van der Waals surface area contributed by atoms with Gasteiger partial charge in [0.1, 0.15) is 17.7 Å². The Bertz CT molecular complexity index is 689. The molecule has 3 rings (SSSR count). The number of hydrogen-bond acceptors (Lipinski definition) is 4. The maximum absolute atomic E-state index is 5.75. The van der Waals surface area contributed by atoms with Crippen molar-refractivity contribution in [3.63, 3.8) is 0 Å². The number of hydrogen-bond donors (Lipinski definition) is 2. The van der Waals surface area contributed by atoms with E-state index in [2.05, 4.69) is 35.9 Å². The van der Waals surface area contributed by atoms with Gasteiger partial charge in [0.2, 0.25) is 0 Å². The van der Waals surface area contributed by atoms with E-state index in [0.29, 0.717) is 23.4 Å². The smallest absolute Gasteiger partial charge is 0.183 e. The minimum absolute atomic E-state index is 0.426. The number of nitrogens with two attached hydrogens (primary N) is 1. The quantitative estimate of drug-likeness (QED) is 0.761. The van der Waals surface area contributed by atoms with Gasteiger partial charge in [-0.2, -0.15) is 0 Å². The molecule has 0 atom stereocenters. The SMILES string of the molecule is Nc1ncnc2nc(Cc3ccc(Br)cc3)[nH]c12. The van der Waals surface area contributed by atoms with Gasteiger partial charge < -0.3 is 10.7 Å². The second-order valence-corrected chi connectivity index (χ2v) is 4.86. The molecule has 0 saturated heterocycles. The minimum atomic E-state index is 0.426. The summed E-state index contributed by atoms with van der Waals surface area (Å²) in [5.74, 6) is 1.26. The summed E-state index contributed by atoms with van der Waals surface area (Å²) in [6.45, 7) is 0. The first-order valence-electron chi connectivity index (χ1n) is 5.42. The fourth-order valence-electron chi connectivity index (χ4n) is 1.77. The largest absolute Gasteiger partial charge is 0.382 e. The molecule has 3 aromatic rings. The zero-order valence-electron chi connectivity index (χ0n) is 9.39. The summed E-state index contributed by atoms with van der Waals surface area (Å²) in [4.78, 5) is 15.6. The van der Waals surface area contributed by atoms with Crippen LogP contribution in [0.25, 0.3) is 11.2 Å². The highest BCUT2D eigenvalue weighted by molar-refractivity contribution is 9.10. The number of nitrogen functional groups attached to an aromatic ring is 1. The highest BCUT2D eigenvalue weighted by Gasteiger charge is 2.07. The molecule has 0 bridgehead atoms. The molecule has 0 amide bonds. The lowest BCUT2D eigenvalue weighted by Crippen LogP contribution is -1.92. The van der Waals surface area contributed by atoms with Gasteiger partial charge in [0.25, 0.3) is 0 Å². The Kier molecular flexibility index (Phi) is 2.71. The number of aromatic nitrogens is 4. The number of fused-ring (bicyclic) bond motifs is 1. The summed E-state index contributed by atoms with van der Waals surface area (Å²) < 4.78 is 1.06. The molecule has 2 heterocycles. The van der Waals surface area contributed by atoms with Crippen LogP contribution in [-0.4, -0.2) is 19.9 Å². The van der Waals surface area contributed by atoms with Gasteiger partial charge in [-0.3, -0.25) is 0 Å². The zero-order valence-corrected chi connectivity index (χ0v) is 11.0. The molecule has 0 spiro atoms. The molecule has 18 heavy (non-hydrogen) atoms. The van der Waals surface area contributed by atoms with Gasteiger partial charge in [-0.1, -0.05) is 28.1 Å². The van der Waals surface area contributed by atoms with Crippen LogP contribution in [-0.2, 0) is 6.42 Å². The molecule has 0 aliphatic heterocycles. The molecule has 3 N–H and O–H groups in total. The monoisotopic (exact) mass is 303 g/mol. The van der Waals surface area contributed by atoms with E-state index in [9.17, 15) is 0 Å². The van der Waals surface area contributed by atoms with Crippen LogP contribution in [0.5, 0.6) is 0 Å². The fraction of sp³-hybridized carbons (Fsp3) is 0.0833. The summed E-state index contributed by atoms with van der Waals surface area (Å²) in [5, 5.41) is 0. The van der Waals surface area contributed by atoms with Gasteiger partial charge in [-0.25, -0.2) is 15.0 Å². The van der Waals surface area contributed by atoms with Crippen LogP contribution in [0.3, 0.4) is 0 Å². The Labute approximate surface area is 112 Å². The van der Waals surface area contributed by atoms with Crippen LogP contribution in [0, 0.1) is 0 Å². The van der Waals surface area contributed by atoms with E-state index in [-0.39, 0.29) is 0 Å². The van der Waals surface area contributed by atoms with Crippen LogP contribution in [0.1, 0.15) is 11.4 Å². The summed E-state index contributed by atoms with van der Waals surface area (Å²) in [6, 6.07) is 8.11. The number of H-pyrrole nitrogens is 1. The molecular weight excluding hydrogens is 294 g/mol. The van der Waals surface area contributed by atoms with E-state index in [0.717, 1.165) is 10.3 Å². The summed E-state index contributed by atoms with van der Waals surface area (Å²) in [6.07, 6.45) is 2.13. The number of imidazole rings is 1. The number of nitrogens with zero attached hydrogens (tertiary/aromatic N) is 3. The van der Waals surface area contributed by atoms with Gasteiger partial charge in [0.15, 0.2) is 11.5 Å². The van der Waals surface area contributed by atoms with E-state index < -0.39 is 0 Å². The number of halogens is 1. The van der Waals surface area contributed by atoms with E-state index in [1.807, 2.05) is 24.3 Å². The first kappa shape index (κ1) is 11.2. The summed E-state index contributed by atoms with van der Waals surface area (Å²) in [7, 11) is 0. The van der Waals surface area contributed by atoms with Crippen LogP contribution in [0.4, 0.5) is 5.82 Å². The molecular formula is C12H10BrN5. The number of nitrogens with one attached hydrogen (secondary N) is 1. The number of aromatic amines is 1. The Morgan fingerprint density at radius 2 is 1.94 bits per heavy atom. The Morgan fingerprint density at radius 1 is 1.17 bits per heavy atom. The van der Waals surface area contributed by atoms with Crippen molar-refractivity contribution in [1.82, 2.24) is 19.9 Å². The van der Waals surface area contributed by atoms with Crippen molar-refractivity contribution in [3.05, 3.63) is 46.5 Å². The Hall–Kier alpha value is -1.95. The zero-order chi connectivity index (χ0) is 12.5. The molecule has 0 aliphatic rings. The van der Waals surface area contributed by atoms with E-state index >= 15 is 0 Å². The molecule has 2 aromatic heterocycles. The third-order valence-corrected chi connectivity index (χ3v) is 3.18. The van der Waals surface area contributed by atoms with Crippen molar-refractivity contribution in [1.29, 1.82) is 0 Å². The lowest BCUT2D eigenvalue weighted by molar-refractivity contribution is 1.03. The number of rotatable bonds is 2. The molecule has 0 fully saturated rings. The van der Waals surface area contributed by atoms with E-state index in [1.165, 1.54) is 11.9 Å². The van der Waals surface area contributed by atoms with E-state index in [4.69, 9.17) is 5.73 Å². The molecule has 5 nitrogen and oxygen atoms in total. The van der Waals surface area contributed by atoms with Crippen LogP contribution in [0.2, 0.25) is 0 Å². The molecule has 6 heteroatoms. The second kappa shape index (κ2) is 4.38. The average molecular weight is 304 g/mol. The molecule has 0 unspecified atom stereocenters. The van der Waals surface area contributed by atoms with Gasteiger partial charge >= 0.3 is 0 Å². The molecule has 90 valence electrons. The molecule has 1 aromatic carbocycles. The maximum Gasteiger partial charge on any atom is 0.183 e. The lowest BCUT2D eigenvalue weighted by atomic mass is 10.1. The summed E-state index contributed by atoms with van der Waals surface area (Å²) >= 11 is 3.41. The van der Waals surface area contributed by atoms with Crippen molar-refractivity contribution in [2.24, 2.45) is 0 Å². The topological polar surface area (TPSA) is 80.5 Å². The number of benzene rings is 1. The van der Waals surface area contributed by atoms with Crippen molar-refractivity contribution in [2.75, 3.05) is 5.73 Å². The Balaban J connectivity index is 1.95. The highest BCUT2D eigenvalue weighted by atomic mass is 79.9. The predicted octanol–water partition coefficient (Wildman–Crippen LogP) is 2.29. The van der Waals surface area contributed by atoms with E-state index in [1.54, 1.807) is 0 Å². The standard InChI is InChI=1S/C12H10BrN5/c13-8-3-1-7(2-4-8)5-9-17-10-11(14)15-6-16-12(10)18-9/h1-4,6H,5H2,(H3,14,15,16,17,18). The second-order valence-electron chi connectivity index (χ2n) is 3.94. The van der Waals surface area contributed by atoms with Crippen LogP contribution >= 0.6 is 15.9 Å². The van der Waals surface area contributed by atoms with Crippen molar-refractivity contribution < 1.29 is 0 Å². The number of anilines is 1. The first-order chi connectivity index (χ1) is 8.72. The van der Waals surface area contributed by atoms with Crippen LogP contribution in [0.15, 0.2) is 35.1 Å². The average Bonchev–Trinajstić information content (AvgIpc) is 2.76. The Morgan fingerprint density at radius 3 is 2.67 bits per heavy atom. The third-order valence-electron chi connectivity index (χ3n) is 2.65. The van der Waals surface area contributed by atoms with Crippen molar-refractivity contribution >= 4 is 32.9 Å². The highest BCUT2D eigenvalue weighted by Crippen LogP contribution is 2.17. The van der Waals surface area contributed by atoms with Crippen LogP contribution < -0.4 is 5.73 Å². The predicted molar refractivity (Wildman–Crippen MR) is 73.0 cm³/mol. The van der Waals surface area contributed by atoms with Crippen molar-refractivity contribution in [3.8, 4) is 0 Å². The fourth-order valence-corrected chi connectivity index (χ4v) is 2.04. The molecule has 0 aliphatic carbocycles.